The summed E-state index contributed by atoms with van der Waals surface area (Å²) in [5, 5.41) is 5.66. The van der Waals surface area contributed by atoms with Gasteiger partial charge in [0.05, 0.1) is 0 Å². The first-order chi connectivity index (χ1) is 11.5. The number of benzene rings is 1. The molecule has 0 unspecified atom stereocenters. The van der Waals surface area contributed by atoms with Gasteiger partial charge >= 0.3 is 0 Å². The fourth-order valence-corrected chi connectivity index (χ4v) is 2.83. The molecule has 1 aliphatic rings. The Morgan fingerprint density at radius 3 is 2.42 bits per heavy atom. The van der Waals surface area contributed by atoms with E-state index in [0.717, 1.165) is 30.0 Å². The van der Waals surface area contributed by atoms with Crippen LogP contribution in [0.15, 0.2) is 30.9 Å². The number of hydrogen-bond acceptors (Lipinski definition) is 3. The van der Waals surface area contributed by atoms with Gasteiger partial charge in [-0.15, -0.1) is 6.58 Å². The average Bonchev–Trinajstić information content (AvgIpc) is 3.38. The van der Waals surface area contributed by atoms with Crippen LogP contribution in [0.1, 0.15) is 32.3 Å². The van der Waals surface area contributed by atoms with E-state index in [1.54, 1.807) is 6.08 Å². The molecule has 2 rings (SSSR count). The van der Waals surface area contributed by atoms with Crippen molar-refractivity contribution in [3.8, 4) is 0 Å². The Morgan fingerprint density at radius 2 is 1.92 bits per heavy atom. The Balaban J connectivity index is 2.09. The number of aryl methyl sites for hydroxylation is 1. The zero-order valence-corrected chi connectivity index (χ0v) is 14.8. The molecule has 5 nitrogen and oxygen atoms in total. The lowest BCUT2D eigenvalue weighted by Crippen LogP contribution is -2.40. The number of nitrogens with one attached hydrogen (secondary N) is 2. The lowest BCUT2D eigenvalue weighted by Gasteiger charge is -2.22. The molecule has 0 aliphatic heterocycles. The largest absolute Gasteiger partial charge is 0.372 e. The summed E-state index contributed by atoms with van der Waals surface area (Å²) in [5.41, 5.74) is 1.99. The summed E-state index contributed by atoms with van der Waals surface area (Å²) in [7, 11) is 0. The number of carbonyl (C=O) groups is 2. The van der Waals surface area contributed by atoms with Gasteiger partial charge in [0.15, 0.2) is 0 Å². The molecule has 0 atom stereocenters. The van der Waals surface area contributed by atoms with E-state index in [-0.39, 0.29) is 11.8 Å². The van der Waals surface area contributed by atoms with Crippen molar-refractivity contribution in [3.05, 3.63) is 36.4 Å². The molecule has 0 heterocycles. The Bertz CT molecular complexity index is 631. The van der Waals surface area contributed by atoms with Crippen molar-refractivity contribution in [2.45, 2.75) is 33.6 Å². The number of rotatable bonds is 8. The molecule has 1 aromatic rings. The normalized spacial score (nSPS) is 14.6. The standard InChI is InChI=1S/C19H27N3O2/c1-5-12-20-17(23)19(10-11-19)18(24)21-16-9-8-15(13-14(16)4)22(6-2)7-3/h5,8-9,13H,1,6-7,10-12H2,2-4H3,(H,20,23)(H,21,24). The number of anilines is 2. The van der Waals surface area contributed by atoms with E-state index in [9.17, 15) is 9.59 Å². The molecule has 5 heteroatoms. The number of carbonyl (C=O) groups excluding carboxylic acids is 2. The van der Waals surface area contributed by atoms with E-state index in [0.29, 0.717) is 19.4 Å². The van der Waals surface area contributed by atoms with Crippen LogP contribution < -0.4 is 15.5 Å². The Kier molecular flexibility index (Phi) is 5.65. The minimum Gasteiger partial charge on any atom is -0.372 e. The van der Waals surface area contributed by atoms with E-state index in [4.69, 9.17) is 0 Å². The van der Waals surface area contributed by atoms with Gasteiger partial charge in [-0.2, -0.15) is 0 Å². The zero-order valence-electron chi connectivity index (χ0n) is 14.8. The summed E-state index contributed by atoms with van der Waals surface area (Å²) in [4.78, 5) is 27.0. The molecule has 1 aromatic carbocycles. The van der Waals surface area contributed by atoms with Crippen LogP contribution in [0.4, 0.5) is 11.4 Å². The summed E-state index contributed by atoms with van der Waals surface area (Å²) in [5.74, 6) is -0.430. The van der Waals surface area contributed by atoms with E-state index < -0.39 is 5.41 Å². The summed E-state index contributed by atoms with van der Waals surface area (Å²) >= 11 is 0. The van der Waals surface area contributed by atoms with E-state index in [1.807, 2.05) is 19.1 Å². The van der Waals surface area contributed by atoms with Crippen molar-refractivity contribution in [1.82, 2.24) is 5.32 Å². The van der Waals surface area contributed by atoms with Crippen LogP contribution in [0.2, 0.25) is 0 Å². The minimum absolute atomic E-state index is 0.211. The highest BCUT2D eigenvalue weighted by Crippen LogP contribution is 2.47. The number of nitrogens with zero attached hydrogens (tertiary/aromatic N) is 1. The van der Waals surface area contributed by atoms with Crippen LogP contribution in [0.3, 0.4) is 0 Å². The summed E-state index contributed by atoms with van der Waals surface area (Å²) in [6.45, 7) is 12.0. The molecule has 2 N–H and O–H groups in total. The van der Waals surface area contributed by atoms with E-state index in [2.05, 4.69) is 42.0 Å². The van der Waals surface area contributed by atoms with Crippen LogP contribution in [-0.4, -0.2) is 31.4 Å². The van der Waals surface area contributed by atoms with Gasteiger partial charge in [-0.25, -0.2) is 0 Å². The molecule has 0 radical (unpaired) electrons. The third-order valence-corrected chi connectivity index (χ3v) is 4.61. The van der Waals surface area contributed by atoms with Crippen molar-refractivity contribution in [2.24, 2.45) is 5.41 Å². The molecule has 0 spiro atoms. The van der Waals surface area contributed by atoms with Crippen molar-refractivity contribution in [2.75, 3.05) is 29.9 Å². The molecule has 130 valence electrons. The maximum atomic E-state index is 12.6. The quantitative estimate of drug-likeness (QED) is 0.569. The van der Waals surface area contributed by atoms with Crippen LogP contribution >= 0.6 is 0 Å². The molecule has 0 bridgehead atoms. The maximum absolute atomic E-state index is 12.6. The SMILES string of the molecule is C=CCNC(=O)C1(C(=O)Nc2ccc(N(CC)CC)cc2C)CC1. The smallest absolute Gasteiger partial charge is 0.240 e. The van der Waals surface area contributed by atoms with E-state index >= 15 is 0 Å². The van der Waals surface area contributed by atoms with Crippen molar-refractivity contribution in [1.29, 1.82) is 0 Å². The lowest BCUT2D eigenvalue weighted by atomic mass is 10.0. The first-order valence-electron chi connectivity index (χ1n) is 8.54. The monoisotopic (exact) mass is 329 g/mol. The average molecular weight is 329 g/mol. The molecule has 0 aromatic heterocycles. The molecule has 1 saturated carbocycles. The highest BCUT2D eigenvalue weighted by atomic mass is 16.2. The Labute approximate surface area is 144 Å². The summed E-state index contributed by atoms with van der Waals surface area (Å²) in [6.07, 6.45) is 2.80. The van der Waals surface area contributed by atoms with Gasteiger partial charge in [-0.1, -0.05) is 6.08 Å². The molecule has 1 aliphatic carbocycles. The summed E-state index contributed by atoms with van der Waals surface area (Å²) in [6, 6.07) is 5.99. The van der Waals surface area contributed by atoms with Gasteiger partial charge in [-0.3, -0.25) is 9.59 Å². The lowest BCUT2D eigenvalue weighted by molar-refractivity contribution is -0.134. The predicted molar refractivity (Wildman–Crippen MR) is 98.2 cm³/mol. The van der Waals surface area contributed by atoms with Gasteiger partial charge in [-0.05, 0) is 57.4 Å². The van der Waals surface area contributed by atoms with Gasteiger partial charge in [0.25, 0.3) is 0 Å². The zero-order chi connectivity index (χ0) is 17.7. The maximum Gasteiger partial charge on any atom is 0.240 e. The fraction of sp³-hybridized carbons (Fsp3) is 0.474. The van der Waals surface area contributed by atoms with Crippen LogP contribution in [-0.2, 0) is 9.59 Å². The van der Waals surface area contributed by atoms with Crippen molar-refractivity contribution >= 4 is 23.2 Å². The third kappa shape index (κ3) is 3.61. The molecule has 1 fully saturated rings. The molecule has 0 saturated heterocycles. The van der Waals surface area contributed by atoms with E-state index in [1.165, 1.54) is 0 Å². The first-order valence-corrected chi connectivity index (χ1v) is 8.54. The van der Waals surface area contributed by atoms with Crippen molar-refractivity contribution < 1.29 is 9.59 Å². The van der Waals surface area contributed by atoms with Crippen molar-refractivity contribution in [3.63, 3.8) is 0 Å². The molecule has 2 amide bonds. The second-order valence-electron chi connectivity index (χ2n) is 6.21. The Hall–Kier alpha value is -2.30. The summed E-state index contributed by atoms with van der Waals surface area (Å²) < 4.78 is 0. The number of amides is 2. The topological polar surface area (TPSA) is 61.4 Å². The molecule has 24 heavy (non-hydrogen) atoms. The second kappa shape index (κ2) is 7.51. The third-order valence-electron chi connectivity index (χ3n) is 4.61. The Morgan fingerprint density at radius 1 is 1.25 bits per heavy atom. The van der Waals surface area contributed by atoms with Gasteiger partial charge < -0.3 is 15.5 Å². The highest BCUT2D eigenvalue weighted by Gasteiger charge is 2.56. The molecular formula is C19H27N3O2. The van der Waals surface area contributed by atoms with Gasteiger partial charge in [0, 0.05) is 31.0 Å². The predicted octanol–water partition coefficient (Wildman–Crippen LogP) is 2.86. The van der Waals surface area contributed by atoms with Crippen LogP contribution in [0.25, 0.3) is 0 Å². The minimum atomic E-state index is -0.910. The van der Waals surface area contributed by atoms with Gasteiger partial charge in [0.1, 0.15) is 5.41 Å². The van der Waals surface area contributed by atoms with Gasteiger partial charge in [0.2, 0.25) is 11.8 Å². The second-order valence-corrected chi connectivity index (χ2v) is 6.21. The fourth-order valence-electron chi connectivity index (χ4n) is 2.83. The number of hydrogen-bond donors (Lipinski definition) is 2. The van der Waals surface area contributed by atoms with Crippen LogP contribution in [0.5, 0.6) is 0 Å². The highest BCUT2D eigenvalue weighted by molar-refractivity contribution is 6.13. The molecular weight excluding hydrogens is 302 g/mol. The first kappa shape index (κ1) is 18.0. The van der Waals surface area contributed by atoms with Crippen LogP contribution in [0, 0.1) is 12.3 Å².